The summed E-state index contributed by atoms with van der Waals surface area (Å²) >= 11 is 0. The Morgan fingerprint density at radius 3 is 2.46 bits per heavy atom. The highest BCUT2D eigenvalue weighted by molar-refractivity contribution is 5.91. The van der Waals surface area contributed by atoms with Gasteiger partial charge in [0, 0.05) is 30.4 Å². The van der Waals surface area contributed by atoms with Crippen LogP contribution >= 0.6 is 0 Å². The van der Waals surface area contributed by atoms with Crippen molar-refractivity contribution in [2.75, 3.05) is 24.3 Å². The molecule has 5 heteroatoms. The second-order valence-corrected chi connectivity index (χ2v) is 5.65. The van der Waals surface area contributed by atoms with E-state index in [4.69, 9.17) is 9.47 Å². The number of ether oxygens (including phenoxy) is 2. The van der Waals surface area contributed by atoms with Crippen molar-refractivity contribution in [2.45, 2.75) is 26.4 Å². The van der Waals surface area contributed by atoms with Crippen molar-refractivity contribution in [3.05, 3.63) is 48.5 Å². The number of hydrogen-bond acceptors (Lipinski definition) is 4. The van der Waals surface area contributed by atoms with Crippen molar-refractivity contribution in [2.24, 2.45) is 0 Å². The van der Waals surface area contributed by atoms with E-state index in [2.05, 4.69) is 10.6 Å². The topological polar surface area (TPSA) is 59.6 Å². The van der Waals surface area contributed by atoms with Gasteiger partial charge in [-0.2, -0.15) is 0 Å². The van der Waals surface area contributed by atoms with Crippen LogP contribution in [-0.4, -0.2) is 25.7 Å². The van der Waals surface area contributed by atoms with E-state index in [0.29, 0.717) is 13.0 Å². The first-order chi connectivity index (χ1) is 11.6. The van der Waals surface area contributed by atoms with Crippen LogP contribution in [0.4, 0.5) is 11.4 Å². The molecular weight excluding hydrogens is 304 g/mol. The minimum absolute atomic E-state index is 0.0458. The molecule has 5 nitrogen and oxygen atoms in total. The van der Waals surface area contributed by atoms with E-state index >= 15 is 0 Å². The van der Waals surface area contributed by atoms with E-state index in [-0.39, 0.29) is 12.0 Å². The first kappa shape index (κ1) is 17.7. The molecule has 0 atom stereocenters. The lowest BCUT2D eigenvalue weighted by Crippen LogP contribution is -2.16. The summed E-state index contributed by atoms with van der Waals surface area (Å²) in [4.78, 5) is 12.0. The number of carbonyl (C=O) groups is 1. The van der Waals surface area contributed by atoms with E-state index in [1.165, 1.54) is 0 Å². The molecule has 2 rings (SSSR count). The fraction of sp³-hybridized carbons (Fsp3) is 0.316. The van der Waals surface area contributed by atoms with Gasteiger partial charge in [0.25, 0.3) is 0 Å². The zero-order valence-corrected chi connectivity index (χ0v) is 14.3. The Labute approximate surface area is 143 Å². The molecule has 0 saturated carbocycles. The maximum absolute atomic E-state index is 12.0. The summed E-state index contributed by atoms with van der Waals surface area (Å²) in [6, 6.07) is 15.0. The Balaban J connectivity index is 1.75. The highest BCUT2D eigenvalue weighted by Gasteiger charge is 2.04. The summed E-state index contributed by atoms with van der Waals surface area (Å²) in [5, 5.41) is 6.08. The lowest BCUT2D eigenvalue weighted by atomic mass is 10.2. The van der Waals surface area contributed by atoms with Gasteiger partial charge < -0.3 is 20.1 Å². The largest absolute Gasteiger partial charge is 0.497 e. The summed E-state index contributed by atoms with van der Waals surface area (Å²) in [6.07, 6.45) is 0.533. The average Bonchev–Trinajstić information content (AvgIpc) is 2.56. The molecule has 2 aromatic rings. The zero-order chi connectivity index (χ0) is 17.4. The van der Waals surface area contributed by atoms with Gasteiger partial charge >= 0.3 is 0 Å². The number of nitrogens with one attached hydrogen (secondary N) is 2. The molecule has 0 aliphatic heterocycles. The van der Waals surface area contributed by atoms with Crippen LogP contribution < -0.4 is 20.1 Å². The number of amides is 1. The lowest BCUT2D eigenvalue weighted by molar-refractivity contribution is -0.115. The summed E-state index contributed by atoms with van der Waals surface area (Å²) in [5.41, 5.74) is 1.69. The Morgan fingerprint density at radius 1 is 1.04 bits per heavy atom. The van der Waals surface area contributed by atoms with Crippen molar-refractivity contribution in [1.29, 1.82) is 0 Å². The van der Waals surface area contributed by atoms with Crippen LogP contribution in [0.25, 0.3) is 0 Å². The van der Waals surface area contributed by atoms with Crippen molar-refractivity contribution < 1.29 is 14.3 Å². The van der Waals surface area contributed by atoms with Crippen LogP contribution in [-0.2, 0) is 4.79 Å². The molecule has 24 heavy (non-hydrogen) atoms. The normalized spacial score (nSPS) is 10.3. The lowest BCUT2D eigenvalue weighted by Gasteiger charge is -2.11. The van der Waals surface area contributed by atoms with E-state index < -0.39 is 0 Å². The van der Waals surface area contributed by atoms with Crippen molar-refractivity contribution >= 4 is 17.3 Å². The molecule has 2 aromatic carbocycles. The fourth-order valence-corrected chi connectivity index (χ4v) is 2.17. The van der Waals surface area contributed by atoms with E-state index in [1.807, 2.05) is 56.3 Å². The Morgan fingerprint density at radius 2 is 1.79 bits per heavy atom. The van der Waals surface area contributed by atoms with Crippen molar-refractivity contribution in [1.82, 2.24) is 0 Å². The number of methoxy groups -OCH3 is 1. The molecule has 0 saturated heterocycles. The SMILES string of the molecule is COc1cccc(NC(=O)CCNc2ccc(OC(C)C)cc2)c1. The summed E-state index contributed by atoms with van der Waals surface area (Å²) in [6.45, 7) is 4.54. The molecule has 0 fully saturated rings. The van der Waals surface area contributed by atoms with Gasteiger partial charge in [0.05, 0.1) is 13.2 Å². The van der Waals surface area contributed by atoms with Crippen LogP contribution in [0.15, 0.2) is 48.5 Å². The summed E-state index contributed by atoms with van der Waals surface area (Å²) in [7, 11) is 1.60. The second kappa shape index (κ2) is 8.82. The van der Waals surface area contributed by atoms with Gasteiger partial charge in [-0.25, -0.2) is 0 Å². The average molecular weight is 328 g/mol. The highest BCUT2D eigenvalue weighted by Crippen LogP contribution is 2.18. The molecule has 1 amide bonds. The second-order valence-electron chi connectivity index (χ2n) is 5.65. The smallest absolute Gasteiger partial charge is 0.226 e. The van der Waals surface area contributed by atoms with Gasteiger partial charge in [0.2, 0.25) is 5.91 Å². The quantitative estimate of drug-likeness (QED) is 0.771. The maximum Gasteiger partial charge on any atom is 0.226 e. The number of anilines is 2. The number of carbonyl (C=O) groups excluding carboxylic acids is 1. The van der Waals surface area contributed by atoms with Crippen LogP contribution in [0.5, 0.6) is 11.5 Å². The third kappa shape index (κ3) is 5.83. The summed E-state index contributed by atoms with van der Waals surface area (Å²) in [5.74, 6) is 1.51. The molecule has 0 heterocycles. The van der Waals surface area contributed by atoms with Gasteiger partial charge in [-0.15, -0.1) is 0 Å². The first-order valence-corrected chi connectivity index (χ1v) is 8.01. The molecule has 128 valence electrons. The van der Waals surface area contributed by atoms with Gasteiger partial charge in [-0.1, -0.05) is 6.07 Å². The third-order valence-corrected chi connectivity index (χ3v) is 3.26. The molecule has 0 aromatic heterocycles. The first-order valence-electron chi connectivity index (χ1n) is 8.01. The molecule has 0 aliphatic carbocycles. The van der Waals surface area contributed by atoms with E-state index in [9.17, 15) is 4.79 Å². The third-order valence-electron chi connectivity index (χ3n) is 3.26. The minimum atomic E-state index is -0.0458. The molecule has 2 N–H and O–H groups in total. The van der Waals surface area contributed by atoms with Gasteiger partial charge in [0.1, 0.15) is 11.5 Å². The van der Waals surface area contributed by atoms with Crippen LogP contribution in [0.2, 0.25) is 0 Å². The molecule has 0 unspecified atom stereocenters. The monoisotopic (exact) mass is 328 g/mol. The molecular formula is C19H24N2O3. The predicted molar refractivity (Wildman–Crippen MR) is 96.9 cm³/mol. The Kier molecular flexibility index (Phi) is 6.49. The predicted octanol–water partition coefficient (Wildman–Crippen LogP) is 3.92. The number of hydrogen-bond donors (Lipinski definition) is 2. The Hall–Kier alpha value is -2.69. The summed E-state index contributed by atoms with van der Waals surface area (Å²) < 4.78 is 10.7. The number of rotatable bonds is 8. The molecule has 0 spiro atoms. The molecule has 0 bridgehead atoms. The maximum atomic E-state index is 12.0. The minimum Gasteiger partial charge on any atom is -0.497 e. The molecule has 0 radical (unpaired) electrons. The van der Waals surface area contributed by atoms with E-state index in [1.54, 1.807) is 13.2 Å². The van der Waals surface area contributed by atoms with Crippen LogP contribution in [0.3, 0.4) is 0 Å². The van der Waals surface area contributed by atoms with Gasteiger partial charge in [-0.05, 0) is 50.2 Å². The van der Waals surface area contributed by atoms with Gasteiger partial charge in [0.15, 0.2) is 0 Å². The van der Waals surface area contributed by atoms with Crippen molar-refractivity contribution in [3.8, 4) is 11.5 Å². The van der Waals surface area contributed by atoms with E-state index in [0.717, 1.165) is 22.9 Å². The van der Waals surface area contributed by atoms with Gasteiger partial charge in [-0.3, -0.25) is 4.79 Å². The van der Waals surface area contributed by atoms with Crippen LogP contribution in [0, 0.1) is 0 Å². The standard InChI is InChI=1S/C19H24N2O3/c1-14(2)24-17-9-7-15(8-10-17)20-12-11-19(22)21-16-5-4-6-18(13-16)23-3/h4-10,13-14,20H,11-12H2,1-3H3,(H,21,22). The zero-order valence-electron chi connectivity index (χ0n) is 14.3. The highest BCUT2D eigenvalue weighted by atomic mass is 16.5. The Bertz CT molecular complexity index is 654. The molecule has 0 aliphatic rings. The van der Waals surface area contributed by atoms with Crippen LogP contribution in [0.1, 0.15) is 20.3 Å². The van der Waals surface area contributed by atoms with Crippen molar-refractivity contribution in [3.63, 3.8) is 0 Å². The fourth-order valence-electron chi connectivity index (χ4n) is 2.17. The number of benzene rings is 2.